The van der Waals surface area contributed by atoms with Crippen LogP contribution in [-0.4, -0.2) is 24.4 Å². The van der Waals surface area contributed by atoms with Gasteiger partial charge in [0.15, 0.2) is 0 Å². The van der Waals surface area contributed by atoms with Crippen LogP contribution in [0.3, 0.4) is 0 Å². The van der Waals surface area contributed by atoms with E-state index in [4.69, 9.17) is 9.68 Å². The van der Waals surface area contributed by atoms with Crippen LogP contribution in [0.2, 0.25) is 0 Å². The van der Waals surface area contributed by atoms with Gasteiger partial charge in [0.1, 0.15) is 5.76 Å². The number of carbonyl (C=O) groups excluding carboxylic acids is 1. The van der Waals surface area contributed by atoms with Crippen LogP contribution in [0.1, 0.15) is 12.7 Å². The fraction of sp³-hybridized carbons (Fsp3) is 0.333. The van der Waals surface area contributed by atoms with E-state index in [1.54, 1.807) is 38.4 Å². The van der Waals surface area contributed by atoms with Crippen molar-refractivity contribution in [3.05, 3.63) is 30.2 Å². The van der Waals surface area contributed by atoms with Crippen LogP contribution >= 0.6 is 0 Å². The highest BCUT2D eigenvalue weighted by Crippen LogP contribution is 2.03. The number of nitriles is 1. The Hall–Kier alpha value is -2.02. The number of amides is 1. The van der Waals surface area contributed by atoms with Crippen molar-refractivity contribution >= 4 is 12.0 Å². The second-order valence-electron chi connectivity index (χ2n) is 3.60. The number of furan rings is 1. The molecule has 1 rings (SSSR count). The highest BCUT2D eigenvalue weighted by atomic mass is 16.3. The Morgan fingerprint density at radius 1 is 1.75 bits per heavy atom. The van der Waals surface area contributed by atoms with Crippen LogP contribution in [-0.2, 0) is 4.79 Å². The van der Waals surface area contributed by atoms with Crippen molar-refractivity contribution in [2.45, 2.75) is 6.92 Å². The molecule has 0 aromatic carbocycles. The molecule has 0 radical (unpaired) electrons. The van der Waals surface area contributed by atoms with Crippen molar-refractivity contribution in [1.82, 2.24) is 4.90 Å². The third kappa shape index (κ3) is 3.62. The van der Waals surface area contributed by atoms with E-state index in [1.807, 2.05) is 0 Å². The molecular weight excluding hydrogens is 204 g/mol. The topological polar surface area (TPSA) is 57.2 Å². The van der Waals surface area contributed by atoms with E-state index < -0.39 is 0 Å². The van der Waals surface area contributed by atoms with Crippen LogP contribution in [0.25, 0.3) is 6.08 Å². The predicted molar refractivity (Wildman–Crippen MR) is 60.2 cm³/mol. The first-order chi connectivity index (χ1) is 7.63. The first kappa shape index (κ1) is 12.1. The maximum absolute atomic E-state index is 11.6. The predicted octanol–water partition coefficient (Wildman–Crippen LogP) is 1.91. The Morgan fingerprint density at radius 3 is 3.06 bits per heavy atom. The molecule has 0 N–H and O–H groups in total. The maximum atomic E-state index is 11.6. The third-order valence-electron chi connectivity index (χ3n) is 2.08. The second-order valence-corrected chi connectivity index (χ2v) is 3.60. The van der Waals surface area contributed by atoms with Gasteiger partial charge in [-0.3, -0.25) is 4.79 Å². The summed E-state index contributed by atoms with van der Waals surface area (Å²) in [7, 11) is 1.67. The molecule has 84 valence electrons. The number of hydrogen-bond acceptors (Lipinski definition) is 3. The first-order valence-corrected chi connectivity index (χ1v) is 4.99. The molecule has 16 heavy (non-hydrogen) atoms. The smallest absolute Gasteiger partial charge is 0.246 e. The van der Waals surface area contributed by atoms with Gasteiger partial charge in [0.2, 0.25) is 5.91 Å². The van der Waals surface area contributed by atoms with Crippen LogP contribution < -0.4 is 0 Å². The molecule has 0 bridgehead atoms. The lowest BCUT2D eigenvalue weighted by Gasteiger charge is -2.15. The average Bonchev–Trinajstić information content (AvgIpc) is 2.78. The summed E-state index contributed by atoms with van der Waals surface area (Å²) in [6, 6.07) is 5.60. The lowest BCUT2D eigenvalue weighted by atomic mass is 10.2. The molecule has 1 aromatic heterocycles. The maximum Gasteiger partial charge on any atom is 0.246 e. The highest BCUT2D eigenvalue weighted by Gasteiger charge is 2.08. The zero-order valence-corrected chi connectivity index (χ0v) is 9.38. The summed E-state index contributed by atoms with van der Waals surface area (Å²) in [5, 5.41) is 8.62. The van der Waals surface area contributed by atoms with Crippen molar-refractivity contribution in [1.29, 1.82) is 5.26 Å². The quantitative estimate of drug-likeness (QED) is 0.725. The number of hydrogen-bond donors (Lipinski definition) is 0. The Morgan fingerprint density at radius 2 is 2.50 bits per heavy atom. The zero-order valence-electron chi connectivity index (χ0n) is 9.38. The molecule has 0 aliphatic carbocycles. The standard InChI is InChI=1S/C12H14N2O2/c1-10(8-13)9-14(2)12(15)6-5-11-4-3-7-16-11/h3-7,10H,9H2,1-2H3/b6-5-/t10-/m0/s1. The molecule has 0 spiro atoms. The molecule has 1 aromatic rings. The minimum absolute atomic E-state index is 0.140. The van der Waals surface area contributed by atoms with Crippen molar-refractivity contribution in [3.63, 3.8) is 0 Å². The molecule has 0 saturated carbocycles. The SMILES string of the molecule is C[C@@H](C#N)CN(C)C(=O)/C=C\c1ccco1. The molecule has 1 atom stereocenters. The van der Waals surface area contributed by atoms with Gasteiger partial charge in [0.25, 0.3) is 0 Å². The number of nitrogens with zero attached hydrogens (tertiary/aromatic N) is 2. The molecule has 0 aliphatic rings. The molecule has 0 unspecified atom stereocenters. The fourth-order valence-electron chi connectivity index (χ4n) is 1.21. The van der Waals surface area contributed by atoms with Gasteiger partial charge in [-0.05, 0) is 25.1 Å². The van der Waals surface area contributed by atoms with Gasteiger partial charge in [-0.25, -0.2) is 0 Å². The lowest BCUT2D eigenvalue weighted by molar-refractivity contribution is -0.125. The van der Waals surface area contributed by atoms with Gasteiger partial charge in [0, 0.05) is 19.7 Å². The lowest BCUT2D eigenvalue weighted by Crippen LogP contribution is -2.29. The molecule has 1 amide bonds. The van der Waals surface area contributed by atoms with Crippen molar-refractivity contribution < 1.29 is 9.21 Å². The Bertz CT molecular complexity index is 401. The molecule has 0 saturated heterocycles. The summed E-state index contributed by atoms with van der Waals surface area (Å²) in [6.07, 6.45) is 4.59. The Kier molecular flexibility index (Phi) is 4.34. The Labute approximate surface area is 94.8 Å². The minimum Gasteiger partial charge on any atom is -0.465 e. The monoisotopic (exact) mass is 218 g/mol. The molecule has 1 heterocycles. The largest absolute Gasteiger partial charge is 0.465 e. The van der Waals surface area contributed by atoms with E-state index in [1.165, 1.54) is 11.0 Å². The van der Waals surface area contributed by atoms with Crippen LogP contribution in [0.5, 0.6) is 0 Å². The van der Waals surface area contributed by atoms with Gasteiger partial charge >= 0.3 is 0 Å². The van der Waals surface area contributed by atoms with Gasteiger partial charge in [0.05, 0.1) is 18.3 Å². The third-order valence-corrected chi connectivity index (χ3v) is 2.08. The number of carbonyl (C=O) groups is 1. The Balaban J connectivity index is 2.49. The number of likely N-dealkylation sites (N-methyl/N-ethyl adjacent to an activating group) is 1. The summed E-state index contributed by atoms with van der Waals surface area (Å²) in [4.78, 5) is 13.1. The van der Waals surface area contributed by atoms with Gasteiger partial charge in [-0.1, -0.05) is 0 Å². The summed E-state index contributed by atoms with van der Waals surface area (Å²) in [5.41, 5.74) is 0. The van der Waals surface area contributed by atoms with Gasteiger partial charge in [-0.2, -0.15) is 5.26 Å². The zero-order chi connectivity index (χ0) is 12.0. The van der Waals surface area contributed by atoms with Crippen molar-refractivity contribution in [2.75, 3.05) is 13.6 Å². The molecular formula is C12H14N2O2. The summed E-state index contributed by atoms with van der Waals surface area (Å²) < 4.78 is 5.06. The van der Waals surface area contributed by atoms with Gasteiger partial charge < -0.3 is 9.32 Å². The average molecular weight is 218 g/mol. The minimum atomic E-state index is -0.161. The molecule has 0 fully saturated rings. The van der Waals surface area contributed by atoms with Crippen molar-refractivity contribution in [2.24, 2.45) is 5.92 Å². The summed E-state index contributed by atoms with van der Waals surface area (Å²) >= 11 is 0. The normalized spacial score (nSPS) is 12.3. The highest BCUT2D eigenvalue weighted by molar-refractivity contribution is 5.91. The fourth-order valence-corrected chi connectivity index (χ4v) is 1.21. The van der Waals surface area contributed by atoms with E-state index >= 15 is 0 Å². The molecule has 4 nitrogen and oxygen atoms in total. The van der Waals surface area contributed by atoms with Gasteiger partial charge in [-0.15, -0.1) is 0 Å². The van der Waals surface area contributed by atoms with Crippen LogP contribution in [0.15, 0.2) is 28.9 Å². The van der Waals surface area contributed by atoms with E-state index in [-0.39, 0.29) is 11.8 Å². The van der Waals surface area contributed by atoms with E-state index in [9.17, 15) is 4.79 Å². The van der Waals surface area contributed by atoms with Crippen LogP contribution in [0, 0.1) is 17.2 Å². The number of rotatable bonds is 4. The second kappa shape index (κ2) is 5.76. The summed E-state index contributed by atoms with van der Waals surface area (Å²) in [6.45, 7) is 2.21. The van der Waals surface area contributed by atoms with E-state index in [0.29, 0.717) is 12.3 Å². The van der Waals surface area contributed by atoms with Crippen LogP contribution in [0.4, 0.5) is 0 Å². The first-order valence-electron chi connectivity index (χ1n) is 4.99. The van der Waals surface area contributed by atoms with Crippen molar-refractivity contribution in [3.8, 4) is 6.07 Å². The molecule has 4 heteroatoms. The van der Waals surface area contributed by atoms with E-state index in [0.717, 1.165) is 0 Å². The van der Waals surface area contributed by atoms with E-state index in [2.05, 4.69) is 6.07 Å². The summed E-state index contributed by atoms with van der Waals surface area (Å²) in [5.74, 6) is 0.333. The molecule has 0 aliphatic heterocycles.